The number of aliphatic hydroxyl groups is 1. The second-order valence-electron chi connectivity index (χ2n) is 3.68. The van der Waals surface area contributed by atoms with Crippen LogP contribution in [-0.2, 0) is 11.3 Å². The van der Waals surface area contributed by atoms with Crippen LogP contribution in [0.15, 0.2) is 23.4 Å². The highest BCUT2D eigenvalue weighted by atomic mass is 32.2. The van der Waals surface area contributed by atoms with E-state index in [4.69, 9.17) is 9.84 Å². The first kappa shape index (κ1) is 10.9. The van der Waals surface area contributed by atoms with Gasteiger partial charge in [0.05, 0.1) is 17.7 Å². The van der Waals surface area contributed by atoms with Gasteiger partial charge in [-0.15, -0.1) is 11.8 Å². The number of hydrogen-bond donors (Lipinski definition) is 1. The van der Waals surface area contributed by atoms with E-state index in [9.17, 15) is 0 Å². The Morgan fingerprint density at radius 1 is 1.60 bits per heavy atom. The van der Waals surface area contributed by atoms with E-state index in [0.29, 0.717) is 11.4 Å². The molecule has 1 N–H and O–H groups in total. The normalized spacial score (nSPS) is 25.7. The van der Waals surface area contributed by atoms with Gasteiger partial charge in [-0.25, -0.2) is 4.98 Å². The molecule has 4 heteroatoms. The van der Waals surface area contributed by atoms with Crippen molar-refractivity contribution < 1.29 is 9.84 Å². The average Bonchev–Trinajstić information content (AvgIpc) is 2.66. The van der Waals surface area contributed by atoms with Crippen LogP contribution in [-0.4, -0.2) is 28.1 Å². The van der Waals surface area contributed by atoms with E-state index >= 15 is 0 Å². The minimum atomic E-state index is 0.0564. The topological polar surface area (TPSA) is 42.4 Å². The lowest BCUT2D eigenvalue weighted by molar-refractivity contribution is 0.127. The summed E-state index contributed by atoms with van der Waals surface area (Å²) in [5.74, 6) is 0. The highest BCUT2D eigenvalue weighted by Crippen LogP contribution is 2.31. The van der Waals surface area contributed by atoms with E-state index in [-0.39, 0.29) is 6.61 Å². The third-order valence-corrected chi connectivity index (χ3v) is 3.96. The van der Waals surface area contributed by atoms with Crippen molar-refractivity contribution in [1.29, 1.82) is 0 Å². The highest BCUT2D eigenvalue weighted by molar-refractivity contribution is 7.99. The second-order valence-corrected chi connectivity index (χ2v) is 4.94. The number of thioether (sulfide) groups is 1. The number of ether oxygens (including phenoxy) is 1. The Bertz CT molecular complexity index is 315. The van der Waals surface area contributed by atoms with Crippen LogP contribution in [0.2, 0.25) is 0 Å². The van der Waals surface area contributed by atoms with Crippen LogP contribution < -0.4 is 0 Å². The molecule has 2 rings (SSSR count). The van der Waals surface area contributed by atoms with Gasteiger partial charge in [0, 0.05) is 18.1 Å². The predicted octanol–water partition coefficient (Wildman–Crippen LogP) is 1.84. The smallest absolute Gasteiger partial charge is 0.0963 e. The number of aromatic nitrogens is 1. The van der Waals surface area contributed by atoms with E-state index in [2.05, 4.69) is 11.9 Å². The molecule has 2 heterocycles. The maximum atomic E-state index is 8.89. The zero-order valence-electron chi connectivity index (χ0n) is 8.72. The molecule has 1 aromatic heterocycles. The van der Waals surface area contributed by atoms with Crippen molar-refractivity contribution in [2.24, 2.45) is 0 Å². The molecule has 1 aliphatic rings. The van der Waals surface area contributed by atoms with Gasteiger partial charge >= 0.3 is 0 Å². The van der Waals surface area contributed by atoms with Crippen molar-refractivity contribution in [2.45, 2.75) is 36.3 Å². The van der Waals surface area contributed by atoms with Gasteiger partial charge in [-0.05, 0) is 25.0 Å². The minimum Gasteiger partial charge on any atom is -0.392 e. The second kappa shape index (κ2) is 4.96. The predicted molar refractivity (Wildman–Crippen MR) is 59.8 cm³/mol. The molecule has 0 amide bonds. The summed E-state index contributed by atoms with van der Waals surface area (Å²) in [6.45, 7) is 3.02. The van der Waals surface area contributed by atoms with E-state index in [1.54, 1.807) is 18.0 Å². The van der Waals surface area contributed by atoms with Gasteiger partial charge in [-0.2, -0.15) is 0 Å². The molecule has 1 aliphatic heterocycles. The van der Waals surface area contributed by atoms with Crippen molar-refractivity contribution in [2.75, 3.05) is 6.61 Å². The first-order chi connectivity index (χ1) is 7.29. The Balaban J connectivity index is 1.98. The quantitative estimate of drug-likeness (QED) is 0.852. The molecule has 1 fully saturated rings. The largest absolute Gasteiger partial charge is 0.392 e. The van der Waals surface area contributed by atoms with E-state index in [1.165, 1.54) is 0 Å². The van der Waals surface area contributed by atoms with Gasteiger partial charge in [-0.1, -0.05) is 6.07 Å². The van der Waals surface area contributed by atoms with Crippen LogP contribution in [0.4, 0.5) is 0 Å². The molecule has 1 aromatic rings. The molecular formula is C11H15NO2S. The Morgan fingerprint density at radius 2 is 2.47 bits per heavy atom. The SMILES string of the molecule is CC1OCCC1Sc1ccc(CO)cn1. The Kier molecular flexibility index (Phi) is 3.61. The maximum absolute atomic E-state index is 8.89. The molecule has 3 nitrogen and oxygen atoms in total. The van der Waals surface area contributed by atoms with E-state index < -0.39 is 0 Å². The number of hydrogen-bond acceptors (Lipinski definition) is 4. The molecule has 0 radical (unpaired) electrons. The van der Waals surface area contributed by atoms with Gasteiger partial charge in [-0.3, -0.25) is 0 Å². The summed E-state index contributed by atoms with van der Waals surface area (Å²) in [7, 11) is 0. The summed E-state index contributed by atoms with van der Waals surface area (Å²) in [6, 6.07) is 3.87. The molecule has 0 saturated carbocycles. The molecule has 0 spiro atoms. The molecule has 82 valence electrons. The lowest BCUT2D eigenvalue weighted by Crippen LogP contribution is -2.13. The third kappa shape index (κ3) is 2.71. The monoisotopic (exact) mass is 225 g/mol. The Hall–Kier alpha value is -0.580. The number of pyridine rings is 1. The van der Waals surface area contributed by atoms with E-state index in [1.807, 2.05) is 12.1 Å². The summed E-state index contributed by atoms with van der Waals surface area (Å²) >= 11 is 1.76. The van der Waals surface area contributed by atoms with Gasteiger partial charge < -0.3 is 9.84 Å². The number of nitrogens with zero attached hydrogens (tertiary/aromatic N) is 1. The summed E-state index contributed by atoms with van der Waals surface area (Å²) in [4.78, 5) is 4.29. The van der Waals surface area contributed by atoms with Gasteiger partial charge in [0.2, 0.25) is 0 Å². The van der Waals surface area contributed by atoms with Gasteiger partial charge in [0.1, 0.15) is 0 Å². The van der Waals surface area contributed by atoms with Crippen LogP contribution in [0.25, 0.3) is 0 Å². The van der Waals surface area contributed by atoms with Crippen LogP contribution in [0, 0.1) is 0 Å². The van der Waals surface area contributed by atoms with Crippen molar-refractivity contribution >= 4 is 11.8 Å². The molecular weight excluding hydrogens is 210 g/mol. The van der Waals surface area contributed by atoms with Gasteiger partial charge in [0.25, 0.3) is 0 Å². The summed E-state index contributed by atoms with van der Waals surface area (Å²) in [6.07, 6.45) is 3.13. The zero-order chi connectivity index (χ0) is 10.7. The van der Waals surface area contributed by atoms with Crippen molar-refractivity contribution in [3.63, 3.8) is 0 Å². The molecule has 15 heavy (non-hydrogen) atoms. The fraction of sp³-hybridized carbons (Fsp3) is 0.545. The number of rotatable bonds is 3. The molecule has 0 aliphatic carbocycles. The average molecular weight is 225 g/mol. The standard InChI is InChI=1S/C11H15NO2S/c1-8-10(4-5-14-8)15-11-3-2-9(7-13)6-12-11/h2-3,6,8,10,13H,4-5,7H2,1H3. The molecule has 1 saturated heterocycles. The lowest BCUT2D eigenvalue weighted by atomic mass is 10.3. The fourth-order valence-corrected chi connectivity index (χ4v) is 2.65. The summed E-state index contributed by atoms with van der Waals surface area (Å²) in [5, 5.41) is 10.4. The first-order valence-corrected chi connectivity index (χ1v) is 6.01. The van der Waals surface area contributed by atoms with Crippen molar-refractivity contribution in [3.05, 3.63) is 23.9 Å². The lowest BCUT2D eigenvalue weighted by Gasteiger charge is -2.12. The molecule has 2 atom stereocenters. The highest BCUT2D eigenvalue weighted by Gasteiger charge is 2.25. The minimum absolute atomic E-state index is 0.0564. The summed E-state index contributed by atoms with van der Waals surface area (Å²) in [5.41, 5.74) is 0.857. The first-order valence-electron chi connectivity index (χ1n) is 5.13. The molecule has 0 aromatic carbocycles. The fourth-order valence-electron chi connectivity index (χ4n) is 1.60. The Labute approximate surface area is 93.9 Å². The molecule has 0 bridgehead atoms. The zero-order valence-corrected chi connectivity index (χ0v) is 9.54. The van der Waals surface area contributed by atoms with Crippen molar-refractivity contribution in [1.82, 2.24) is 4.98 Å². The number of aliphatic hydroxyl groups excluding tert-OH is 1. The van der Waals surface area contributed by atoms with Crippen LogP contribution >= 0.6 is 11.8 Å². The third-order valence-electron chi connectivity index (χ3n) is 2.56. The van der Waals surface area contributed by atoms with Gasteiger partial charge in [0.15, 0.2) is 0 Å². The van der Waals surface area contributed by atoms with Crippen LogP contribution in [0.1, 0.15) is 18.9 Å². The van der Waals surface area contributed by atoms with Crippen molar-refractivity contribution in [3.8, 4) is 0 Å². The maximum Gasteiger partial charge on any atom is 0.0963 e. The Morgan fingerprint density at radius 3 is 3.00 bits per heavy atom. The van der Waals surface area contributed by atoms with Crippen LogP contribution in [0.3, 0.4) is 0 Å². The molecule has 2 unspecified atom stereocenters. The van der Waals surface area contributed by atoms with Crippen LogP contribution in [0.5, 0.6) is 0 Å². The van der Waals surface area contributed by atoms with E-state index in [0.717, 1.165) is 23.6 Å². The summed E-state index contributed by atoms with van der Waals surface area (Å²) < 4.78 is 5.49.